The van der Waals surface area contributed by atoms with E-state index in [1.165, 1.54) is 9.80 Å². The van der Waals surface area contributed by atoms with Crippen LogP contribution in [0.4, 0.5) is 5.69 Å². The number of amides is 4. The second-order valence-electron chi connectivity index (χ2n) is 9.67. The van der Waals surface area contributed by atoms with Gasteiger partial charge in [0.1, 0.15) is 0 Å². The molecule has 0 radical (unpaired) electrons. The summed E-state index contributed by atoms with van der Waals surface area (Å²) in [4.78, 5) is 52.7. The van der Waals surface area contributed by atoms with Gasteiger partial charge in [-0.2, -0.15) is 0 Å². The molecule has 0 fully saturated rings. The first-order valence-electron chi connectivity index (χ1n) is 12.8. The summed E-state index contributed by atoms with van der Waals surface area (Å²) in [6, 6.07) is 29.9. The maximum absolute atomic E-state index is 12.6. The van der Waals surface area contributed by atoms with Gasteiger partial charge in [-0.05, 0) is 65.9 Å². The Bertz CT molecular complexity index is 1420. The Labute approximate surface area is 225 Å². The average Bonchev–Trinajstić information content (AvgIpc) is 3.36. The number of carbonyl (C=O) groups excluding carboxylic acids is 4. The molecule has 0 atom stereocenters. The summed E-state index contributed by atoms with van der Waals surface area (Å²) >= 11 is 0. The minimum Gasteiger partial charge on any atom is -0.367 e. The lowest BCUT2D eigenvalue weighted by molar-refractivity contribution is 0.0644. The lowest BCUT2D eigenvalue weighted by atomic mass is 10.0. The molecule has 7 heteroatoms. The third-order valence-corrected chi connectivity index (χ3v) is 7.21. The zero-order valence-corrected chi connectivity index (χ0v) is 21.1. The van der Waals surface area contributed by atoms with E-state index in [1.807, 2.05) is 36.4 Å². The van der Waals surface area contributed by atoms with Gasteiger partial charge in [-0.25, -0.2) is 0 Å². The highest BCUT2D eigenvalue weighted by Crippen LogP contribution is 2.24. The van der Waals surface area contributed by atoms with Crippen LogP contribution in [0.3, 0.4) is 0 Å². The normalized spacial score (nSPS) is 14.2. The molecule has 1 N–H and O–H groups in total. The van der Waals surface area contributed by atoms with Gasteiger partial charge in [0, 0.05) is 12.2 Å². The Morgan fingerprint density at radius 1 is 0.487 bits per heavy atom. The number of nitrogens with zero attached hydrogens (tertiary/aromatic N) is 2. The minimum atomic E-state index is -0.285. The first-order chi connectivity index (χ1) is 19.0. The number of carbonyl (C=O) groups is 4. The Kier molecular flexibility index (Phi) is 6.25. The maximum Gasteiger partial charge on any atom is 0.263 e. The Hall–Kier alpha value is -5.04. The molecule has 39 heavy (non-hydrogen) atoms. The van der Waals surface area contributed by atoms with Crippen LogP contribution in [-0.4, -0.2) is 46.6 Å². The summed E-state index contributed by atoms with van der Waals surface area (Å²) in [5, 5.41) is 3.16. The van der Waals surface area contributed by atoms with Gasteiger partial charge >= 0.3 is 0 Å². The van der Waals surface area contributed by atoms with Gasteiger partial charge in [-0.3, -0.25) is 29.0 Å². The van der Waals surface area contributed by atoms with Crippen molar-refractivity contribution in [2.24, 2.45) is 0 Å². The molecule has 4 aromatic rings. The molecule has 0 unspecified atom stereocenters. The van der Waals surface area contributed by atoms with E-state index in [-0.39, 0.29) is 30.3 Å². The highest BCUT2D eigenvalue weighted by molar-refractivity contribution is 6.22. The van der Waals surface area contributed by atoms with Gasteiger partial charge < -0.3 is 5.32 Å². The number of anilines is 1. The van der Waals surface area contributed by atoms with E-state index < -0.39 is 0 Å². The summed E-state index contributed by atoms with van der Waals surface area (Å²) in [6.07, 6.45) is 1.34. The highest BCUT2D eigenvalue weighted by Gasteiger charge is 2.35. The fraction of sp³-hybridized carbons (Fsp3) is 0.125. The molecule has 0 saturated carbocycles. The van der Waals surface area contributed by atoms with Gasteiger partial charge in [0.05, 0.1) is 28.9 Å². The van der Waals surface area contributed by atoms with Crippen LogP contribution in [0.15, 0.2) is 97.1 Å². The predicted octanol–water partition coefficient (Wildman–Crippen LogP) is 4.78. The van der Waals surface area contributed by atoms with Crippen LogP contribution < -0.4 is 5.32 Å². The number of hydrogen-bond donors (Lipinski definition) is 1. The molecule has 192 valence electrons. The number of nitrogens with one attached hydrogen (secondary N) is 1. The molecule has 0 aromatic heterocycles. The topological polar surface area (TPSA) is 86.8 Å². The standard InChI is InChI=1S/C32H25N3O4/c36-29-25-5-1-2-6-26(25)30(37)34(29)18-17-21-9-11-22(12-10-21)19-23-13-15-24(16-14-23)33-20-35-31(38)27-7-3-4-8-28(27)32(35)39/h1-16,33H,17-20H2. The van der Waals surface area contributed by atoms with Crippen molar-refractivity contribution in [3.63, 3.8) is 0 Å². The van der Waals surface area contributed by atoms with Crippen LogP contribution in [0.1, 0.15) is 58.1 Å². The molecule has 4 aromatic carbocycles. The van der Waals surface area contributed by atoms with Crippen molar-refractivity contribution < 1.29 is 19.2 Å². The third-order valence-electron chi connectivity index (χ3n) is 7.21. The number of benzene rings is 4. The zero-order chi connectivity index (χ0) is 26.9. The van der Waals surface area contributed by atoms with Crippen molar-refractivity contribution in [1.29, 1.82) is 0 Å². The molecule has 2 aliphatic rings. The Morgan fingerprint density at radius 3 is 1.38 bits per heavy atom. The van der Waals surface area contributed by atoms with E-state index in [2.05, 4.69) is 17.4 Å². The summed E-state index contributed by atoms with van der Waals surface area (Å²) in [5.74, 6) is -1.03. The van der Waals surface area contributed by atoms with E-state index >= 15 is 0 Å². The number of rotatable bonds is 8. The molecule has 6 rings (SSSR count). The van der Waals surface area contributed by atoms with E-state index in [4.69, 9.17) is 0 Å². The number of fused-ring (bicyclic) bond motifs is 2. The molecule has 2 aliphatic heterocycles. The smallest absolute Gasteiger partial charge is 0.263 e. The first kappa shape index (κ1) is 24.3. The van der Waals surface area contributed by atoms with Crippen LogP contribution in [0.2, 0.25) is 0 Å². The lowest BCUT2D eigenvalue weighted by Crippen LogP contribution is -2.34. The van der Waals surface area contributed by atoms with E-state index in [0.29, 0.717) is 35.2 Å². The van der Waals surface area contributed by atoms with E-state index in [0.717, 1.165) is 28.8 Å². The molecule has 7 nitrogen and oxygen atoms in total. The molecule has 0 spiro atoms. The quantitative estimate of drug-likeness (QED) is 0.341. The summed E-state index contributed by atoms with van der Waals surface area (Å²) in [7, 11) is 0. The molecular weight excluding hydrogens is 490 g/mol. The molecule has 2 heterocycles. The minimum absolute atomic E-state index is 0.105. The van der Waals surface area contributed by atoms with Crippen LogP contribution in [0, 0.1) is 0 Å². The number of hydrogen-bond acceptors (Lipinski definition) is 5. The summed E-state index contributed by atoms with van der Waals surface area (Å²) in [6.45, 7) is 0.453. The van der Waals surface area contributed by atoms with Crippen molar-refractivity contribution in [1.82, 2.24) is 9.80 Å². The van der Waals surface area contributed by atoms with Crippen molar-refractivity contribution >= 4 is 29.3 Å². The summed E-state index contributed by atoms with van der Waals surface area (Å²) < 4.78 is 0. The van der Waals surface area contributed by atoms with Crippen LogP contribution in [-0.2, 0) is 12.8 Å². The van der Waals surface area contributed by atoms with Gasteiger partial charge in [-0.15, -0.1) is 0 Å². The number of imide groups is 2. The van der Waals surface area contributed by atoms with Gasteiger partial charge in [-0.1, -0.05) is 60.7 Å². The molecular formula is C32H25N3O4. The fourth-order valence-corrected chi connectivity index (χ4v) is 5.04. The van der Waals surface area contributed by atoms with Crippen LogP contribution >= 0.6 is 0 Å². The second-order valence-corrected chi connectivity index (χ2v) is 9.67. The van der Waals surface area contributed by atoms with Gasteiger partial charge in [0.15, 0.2) is 0 Å². The molecule has 0 bridgehead atoms. The maximum atomic E-state index is 12.6. The Balaban J connectivity index is 1.01. The highest BCUT2D eigenvalue weighted by atomic mass is 16.2. The average molecular weight is 516 g/mol. The molecule has 0 aliphatic carbocycles. The fourth-order valence-electron chi connectivity index (χ4n) is 5.04. The van der Waals surface area contributed by atoms with E-state index in [9.17, 15) is 19.2 Å². The monoisotopic (exact) mass is 515 g/mol. The SMILES string of the molecule is O=C1c2ccccc2C(=O)N1CCc1ccc(Cc2ccc(NCN3C(=O)c4ccccc4C3=O)cc2)cc1. The summed E-state index contributed by atoms with van der Waals surface area (Å²) in [5.41, 5.74) is 5.97. The second kappa shape index (κ2) is 10.0. The zero-order valence-electron chi connectivity index (χ0n) is 21.1. The predicted molar refractivity (Wildman–Crippen MR) is 147 cm³/mol. The van der Waals surface area contributed by atoms with Crippen molar-refractivity contribution in [2.75, 3.05) is 18.5 Å². The molecule has 0 saturated heterocycles. The van der Waals surface area contributed by atoms with Crippen molar-refractivity contribution in [3.05, 3.63) is 136 Å². The Morgan fingerprint density at radius 2 is 0.897 bits per heavy atom. The van der Waals surface area contributed by atoms with Gasteiger partial charge in [0.2, 0.25) is 0 Å². The van der Waals surface area contributed by atoms with Crippen LogP contribution in [0.25, 0.3) is 0 Å². The van der Waals surface area contributed by atoms with Crippen LogP contribution in [0.5, 0.6) is 0 Å². The van der Waals surface area contributed by atoms with Crippen molar-refractivity contribution in [2.45, 2.75) is 12.8 Å². The van der Waals surface area contributed by atoms with Gasteiger partial charge in [0.25, 0.3) is 23.6 Å². The first-order valence-corrected chi connectivity index (χ1v) is 12.8. The lowest BCUT2D eigenvalue weighted by Gasteiger charge is -2.16. The largest absolute Gasteiger partial charge is 0.367 e. The van der Waals surface area contributed by atoms with E-state index in [1.54, 1.807) is 48.5 Å². The van der Waals surface area contributed by atoms with Crippen molar-refractivity contribution in [3.8, 4) is 0 Å². The molecule has 4 amide bonds. The third kappa shape index (κ3) is 4.59.